The third kappa shape index (κ3) is 3.21. The van der Waals surface area contributed by atoms with Crippen molar-refractivity contribution in [1.82, 2.24) is 5.32 Å². The van der Waals surface area contributed by atoms with Crippen molar-refractivity contribution in [2.24, 2.45) is 10.2 Å². The average molecular weight is 288 g/mol. The minimum atomic E-state index is -0.0697. The second-order valence-corrected chi connectivity index (χ2v) is 4.90. The maximum absolute atomic E-state index is 10.9. The Morgan fingerprint density at radius 1 is 1.35 bits per heavy atom. The Morgan fingerprint density at radius 3 is 2.65 bits per heavy atom. The van der Waals surface area contributed by atoms with Gasteiger partial charge >= 0.3 is 0 Å². The van der Waals surface area contributed by atoms with Crippen LogP contribution in [0.1, 0.15) is 5.56 Å². The lowest BCUT2D eigenvalue weighted by Gasteiger charge is -1.98. The van der Waals surface area contributed by atoms with Crippen molar-refractivity contribution in [3.05, 3.63) is 33.8 Å². The summed E-state index contributed by atoms with van der Waals surface area (Å²) in [6.07, 6.45) is 1.46. The highest BCUT2D eigenvalue weighted by atomic mass is 35.5. The van der Waals surface area contributed by atoms with E-state index in [0.29, 0.717) is 26.5 Å². The molecule has 4 nitrogen and oxygen atoms in total. The van der Waals surface area contributed by atoms with Crippen molar-refractivity contribution in [1.29, 1.82) is 0 Å². The number of amides is 1. The molecule has 2 rings (SSSR count). The zero-order chi connectivity index (χ0) is 12.3. The molecule has 0 aromatic heterocycles. The van der Waals surface area contributed by atoms with Gasteiger partial charge in [-0.2, -0.15) is 5.10 Å². The van der Waals surface area contributed by atoms with Crippen molar-refractivity contribution in [2.75, 3.05) is 5.75 Å². The van der Waals surface area contributed by atoms with Gasteiger partial charge in [-0.1, -0.05) is 41.0 Å². The predicted molar refractivity (Wildman–Crippen MR) is 72.1 cm³/mol. The summed E-state index contributed by atoms with van der Waals surface area (Å²) < 4.78 is 0. The van der Waals surface area contributed by atoms with E-state index in [-0.39, 0.29) is 5.91 Å². The number of halogens is 2. The molecule has 17 heavy (non-hydrogen) atoms. The summed E-state index contributed by atoms with van der Waals surface area (Å²) in [6.45, 7) is 0. The van der Waals surface area contributed by atoms with E-state index in [4.69, 9.17) is 23.2 Å². The van der Waals surface area contributed by atoms with Gasteiger partial charge in [-0.3, -0.25) is 4.79 Å². The molecule has 0 atom stereocenters. The molecule has 1 heterocycles. The number of hydrogen-bond donors (Lipinski definition) is 1. The Morgan fingerprint density at radius 2 is 2.06 bits per heavy atom. The molecule has 1 saturated heterocycles. The van der Waals surface area contributed by atoms with Crippen LogP contribution in [0, 0.1) is 0 Å². The second-order valence-electron chi connectivity index (χ2n) is 3.12. The predicted octanol–water partition coefficient (Wildman–Crippen LogP) is 2.55. The van der Waals surface area contributed by atoms with Gasteiger partial charge in [0.05, 0.1) is 22.0 Å². The summed E-state index contributed by atoms with van der Waals surface area (Å²) in [5.74, 6) is 0.306. The van der Waals surface area contributed by atoms with Gasteiger partial charge in [0.15, 0.2) is 5.17 Å². The number of nitrogens with one attached hydrogen (secondary N) is 1. The third-order valence-electron chi connectivity index (χ3n) is 1.92. The molecule has 7 heteroatoms. The van der Waals surface area contributed by atoms with Gasteiger partial charge in [0.2, 0.25) is 5.91 Å². The van der Waals surface area contributed by atoms with E-state index in [2.05, 4.69) is 15.5 Å². The third-order valence-corrected chi connectivity index (χ3v) is 3.44. The Balaban J connectivity index is 2.13. The number of carbonyl (C=O) groups is 1. The molecule has 88 valence electrons. The number of nitrogens with zero attached hydrogens (tertiary/aromatic N) is 2. The van der Waals surface area contributed by atoms with Crippen LogP contribution in [0.25, 0.3) is 0 Å². The topological polar surface area (TPSA) is 53.8 Å². The Hall–Kier alpha value is -1.04. The molecule has 1 aliphatic heterocycles. The lowest BCUT2D eigenvalue weighted by Crippen LogP contribution is -2.19. The van der Waals surface area contributed by atoms with Crippen molar-refractivity contribution in [3.8, 4) is 0 Å². The molecule has 0 radical (unpaired) electrons. The normalized spacial score (nSPS) is 18.0. The minimum absolute atomic E-state index is 0.0697. The molecule has 0 saturated carbocycles. The van der Waals surface area contributed by atoms with Gasteiger partial charge in [0, 0.05) is 5.56 Å². The molecule has 1 aromatic rings. The molecular formula is C10H7Cl2N3OS. The summed E-state index contributed by atoms with van der Waals surface area (Å²) in [5.41, 5.74) is 0.606. The van der Waals surface area contributed by atoms with E-state index in [9.17, 15) is 4.79 Å². The van der Waals surface area contributed by atoms with Crippen LogP contribution in [0.15, 0.2) is 28.4 Å². The van der Waals surface area contributed by atoms with Crippen molar-refractivity contribution >= 4 is 52.3 Å². The summed E-state index contributed by atoms with van der Waals surface area (Å²) in [4.78, 5) is 10.9. The first-order valence-electron chi connectivity index (χ1n) is 4.64. The van der Waals surface area contributed by atoms with Gasteiger partial charge in [0.1, 0.15) is 0 Å². The summed E-state index contributed by atoms with van der Waals surface area (Å²) >= 11 is 13.2. The monoisotopic (exact) mass is 287 g/mol. The van der Waals surface area contributed by atoms with Gasteiger partial charge in [-0.05, 0) is 12.1 Å². The van der Waals surface area contributed by atoms with E-state index < -0.39 is 0 Å². The van der Waals surface area contributed by atoms with Crippen LogP contribution in [0.2, 0.25) is 10.0 Å². The molecular weight excluding hydrogens is 281 g/mol. The molecule has 1 aromatic carbocycles. The number of amidine groups is 1. The van der Waals surface area contributed by atoms with E-state index in [1.807, 2.05) is 0 Å². The standard InChI is InChI=1S/C10H7Cl2N3OS/c11-7-2-1-3-8(12)6(7)4-13-15-10-14-9(16)5-17-10/h1-4H,5H2,(H,14,15,16)/b13-4+. The molecule has 0 spiro atoms. The first-order chi connectivity index (χ1) is 8.16. The zero-order valence-electron chi connectivity index (χ0n) is 8.48. The molecule has 1 N–H and O–H groups in total. The SMILES string of the molecule is O=C1CS/C(=N/N=C/c2c(Cl)cccc2Cl)N1. The Labute approximate surface area is 112 Å². The highest BCUT2D eigenvalue weighted by Gasteiger charge is 2.15. The number of rotatable bonds is 2. The minimum Gasteiger partial charge on any atom is -0.303 e. The fraction of sp³-hybridized carbons (Fsp3) is 0.100. The van der Waals surface area contributed by atoms with E-state index in [1.165, 1.54) is 18.0 Å². The number of hydrogen-bond acceptors (Lipinski definition) is 4. The smallest absolute Gasteiger partial charge is 0.236 e. The second kappa shape index (κ2) is 5.53. The first-order valence-corrected chi connectivity index (χ1v) is 6.38. The molecule has 0 aliphatic carbocycles. The van der Waals surface area contributed by atoms with Gasteiger partial charge in [0.25, 0.3) is 0 Å². The summed E-state index contributed by atoms with van der Waals surface area (Å²) in [7, 11) is 0. The maximum atomic E-state index is 10.9. The van der Waals surface area contributed by atoms with Crippen LogP contribution in [0.3, 0.4) is 0 Å². The van der Waals surface area contributed by atoms with Crippen LogP contribution >= 0.6 is 35.0 Å². The van der Waals surface area contributed by atoms with E-state index in [0.717, 1.165) is 0 Å². The van der Waals surface area contributed by atoms with Crippen LogP contribution < -0.4 is 5.32 Å². The summed E-state index contributed by atoms with van der Waals surface area (Å²) in [5, 5.41) is 11.7. The van der Waals surface area contributed by atoms with Crippen LogP contribution in [0.5, 0.6) is 0 Å². The van der Waals surface area contributed by atoms with E-state index >= 15 is 0 Å². The van der Waals surface area contributed by atoms with Crippen molar-refractivity contribution in [2.45, 2.75) is 0 Å². The van der Waals surface area contributed by atoms with Crippen LogP contribution in [0.4, 0.5) is 0 Å². The van der Waals surface area contributed by atoms with Crippen LogP contribution in [-0.2, 0) is 4.79 Å². The summed E-state index contributed by atoms with van der Waals surface area (Å²) in [6, 6.07) is 5.18. The van der Waals surface area contributed by atoms with Crippen molar-refractivity contribution < 1.29 is 4.79 Å². The number of thioether (sulfide) groups is 1. The van der Waals surface area contributed by atoms with E-state index in [1.54, 1.807) is 18.2 Å². The molecule has 1 fully saturated rings. The fourth-order valence-electron chi connectivity index (χ4n) is 1.15. The largest absolute Gasteiger partial charge is 0.303 e. The highest BCUT2D eigenvalue weighted by Crippen LogP contribution is 2.22. The lowest BCUT2D eigenvalue weighted by atomic mass is 10.2. The number of carbonyl (C=O) groups excluding carboxylic acids is 1. The van der Waals surface area contributed by atoms with Gasteiger partial charge in [-0.25, -0.2) is 0 Å². The van der Waals surface area contributed by atoms with Crippen molar-refractivity contribution in [3.63, 3.8) is 0 Å². The Bertz CT molecular complexity index is 496. The molecule has 1 aliphatic rings. The molecule has 1 amide bonds. The fourth-order valence-corrected chi connectivity index (χ4v) is 2.28. The number of benzene rings is 1. The van der Waals surface area contributed by atoms with Gasteiger partial charge in [-0.15, -0.1) is 5.10 Å². The lowest BCUT2D eigenvalue weighted by molar-refractivity contribution is -0.116. The molecule has 0 bridgehead atoms. The average Bonchev–Trinajstić information content (AvgIpc) is 2.69. The van der Waals surface area contributed by atoms with Gasteiger partial charge < -0.3 is 5.32 Å². The quantitative estimate of drug-likeness (QED) is 0.671. The first kappa shape index (κ1) is 12.4. The Kier molecular flexibility index (Phi) is 4.04. The zero-order valence-corrected chi connectivity index (χ0v) is 10.8. The maximum Gasteiger partial charge on any atom is 0.236 e. The molecule has 0 unspecified atom stereocenters. The van der Waals surface area contributed by atoms with Crippen LogP contribution in [-0.4, -0.2) is 23.0 Å². The highest BCUT2D eigenvalue weighted by molar-refractivity contribution is 8.15.